The van der Waals surface area contributed by atoms with Crippen LogP contribution < -0.4 is 4.72 Å². The molecule has 17 heavy (non-hydrogen) atoms. The third-order valence-electron chi connectivity index (χ3n) is 2.08. The van der Waals surface area contributed by atoms with Crippen LogP contribution in [0.4, 0.5) is 5.82 Å². The van der Waals surface area contributed by atoms with Crippen molar-refractivity contribution in [2.45, 2.75) is 4.90 Å². The van der Waals surface area contributed by atoms with Gasteiger partial charge in [0.25, 0.3) is 10.0 Å². The molecular formula is C10H10ClN3O2S. The highest BCUT2D eigenvalue weighted by Gasteiger charge is 2.14. The Bertz CT molecular complexity index is 619. The molecule has 2 aromatic rings. The first-order valence-corrected chi connectivity index (χ1v) is 6.61. The molecule has 0 bridgehead atoms. The minimum Gasteiger partial charge on any atom is -0.274 e. The number of nitrogens with zero attached hydrogens (tertiary/aromatic N) is 2. The maximum absolute atomic E-state index is 11.9. The van der Waals surface area contributed by atoms with Crippen molar-refractivity contribution in [3.05, 3.63) is 41.6 Å². The van der Waals surface area contributed by atoms with E-state index in [4.69, 9.17) is 11.6 Å². The molecule has 0 radical (unpaired) electrons. The van der Waals surface area contributed by atoms with Crippen molar-refractivity contribution >= 4 is 27.4 Å². The maximum atomic E-state index is 11.9. The van der Waals surface area contributed by atoms with E-state index in [2.05, 4.69) is 9.82 Å². The van der Waals surface area contributed by atoms with Crippen LogP contribution in [0.3, 0.4) is 0 Å². The Kier molecular flexibility index (Phi) is 3.08. The highest BCUT2D eigenvalue weighted by atomic mass is 35.5. The molecule has 0 aliphatic heterocycles. The van der Waals surface area contributed by atoms with Gasteiger partial charge in [-0.2, -0.15) is 5.10 Å². The number of aryl methyl sites for hydroxylation is 1. The second-order valence-corrected chi connectivity index (χ2v) is 5.55. The van der Waals surface area contributed by atoms with E-state index in [0.717, 1.165) is 0 Å². The summed E-state index contributed by atoms with van der Waals surface area (Å²) in [7, 11) is -1.89. The van der Waals surface area contributed by atoms with Crippen LogP contribution in [0.25, 0.3) is 0 Å². The summed E-state index contributed by atoms with van der Waals surface area (Å²) in [6.07, 6.45) is 1.65. The summed E-state index contributed by atoms with van der Waals surface area (Å²) in [6, 6.07) is 7.50. The minimum absolute atomic E-state index is 0.146. The molecule has 5 nitrogen and oxygen atoms in total. The molecule has 1 heterocycles. The number of halogens is 1. The standard InChI is InChI=1S/C10H10ClN3O2S/c1-14-7-6-10(12-14)13-17(15,16)9-4-2-8(11)3-5-9/h2-7H,1H3,(H,12,13). The van der Waals surface area contributed by atoms with Crippen LogP contribution in [-0.4, -0.2) is 18.2 Å². The summed E-state index contributed by atoms with van der Waals surface area (Å²) in [5.41, 5.74) is 0. The predicted octanol–water partition coefficient (Wildman–Crippen LogP) is 1.87. The fourth-order valence-corrected chi connectivity index (χ4v) is 2.40. The molecule has 0 aliphatic rings. The van der Waals surface area contributed by atoms with Crippen molar-refractivity contribution in [2.75, 3.05) is 4.72 Å². The average molecular weight is 272 g/mol. The quantitative estimate of drug-likeness (QED) is 0.927. The van der Waals surface area contributed by atoms with E-state index in [1.807, 2.05) is 0 Å². The number of hydrogen-bond acceptors (Lipinski definition) is 3. The lowest BCUT2D eigenvalue weighted by Gasteiger charge is -2.05. The smallest absolute Gasteiger partial charge is 0.263 e. The molecule has 0 aliphatic carbocycles. The number of hydrogen-bond donors (Lipinski definition) is 1. The number of sulfonamides is 1. The molecule has 0 unspecified atom stereocenters. The molecule has 90 valence electrons. The van der Waals surface area contributed by atoms with Crippen molar-refractivity contribution in [1.82, 2.24) is 9.78 Å². The van der Waals surface area contributed by atoms with Gasteiger partial charge in [0.15, 0.2) is 5.82 Å². The van der Waals surface area contributed by atoms with Crippen LogP contribution in [0.15, 0.2) is 41.4 Å². The largest absolute Gasteiger partial charge is 0.274 e. The van der Waals surface area contributed by atoms with Gasteiger partial charge in [0, 0.05) is 24.3 Å². The van der Waals surface area contributed by atoms with E-state index in [-0.39, 0.29) is 10.7 Å². The van der Waals surface area contributed by atoms with E-state index in [0.29, 0.717) is 5.02 Å². The molecular weight excluding hydrogens is 262 g/mol. The fraction of sp³-hybridized carbons (Fsp3) is 0.100. The zero-order chi connectivity index (χ0) is 12.5. The van der Waals surface area contributed by atoms with Crippen molar-refractivity contribution in [2.24, 2.45) is 7.05 Å². The SMILES string of the molecule is Cn1ccc(NS(=O)(=O)c2ccc(Cl)cc2)n1. The summed E-state index contributed by atoms with van der Waals surface area (Å²) in [5.74, 6) is 0.280. The summed E-state index contributed by atoms with van der Waals surface area (Å²) in [4.78, 5) is 0.146. The minimum atomic E-state index is -3.60. The Morgan fingerprint density at radius 1 is 1.24 bits per heavy atom. The Morgan fingerprint density at radius 3 is 2.41 bits per heavy atom. The van der Waals surface area contributed by atoms with Crippen LogP contribution in [-0.2, 0) is 17.1 Å². The van der Waals surface area contributed by atoms with Gasteiger partial charge in [0.05, 0.1) is 4.90 Å². The lowest BCUT2D eigenvalue weighted by molar-refractivity contribution is 0.601. The van der Waals surface area contributed by atoms with E-state index >= 15 is 0 Å². The van der Waals surface area contributed by atoms with E-state index in [1.165, 1.54) is 28.9 Å². The molecule has 2 rings (SSSR count). The Balaban J connectivity index is 2.28. The molecule has 0 saturated heterocycles. The van der Waals surface area contributed by atoms with Gasteiger partial charge in [-0.1, -0.05) is 11.6 Å². The zero-order valence-electron chi connectivity index (χ0n) is 8.96. The highest BCUT2D eigenvalue weighted by molar-refractivity contribution is 7.92. The first kappa shape index (κ1) is 11.9. The number of rotatable bonds is 3. The van der Waals surface area contributed by atoms with Gasteiger partial charge in [-0.3, -0.25) is 9.40 Å². The van der Waals surface area contributed by atoms with Crippen molar-refractivity contribution in [3.63, 3.8) is 0 Å². The normalized spacial score (nSPS) is 11.4. The topological polar surface area (TPSA) is 64.0 Å². The predicted molar refractivity (Wildman–Crippen MR) is 65.5 cm³/mol. The summed E-state index contributed by atoms with van der Waals surface area (Å²) >= 11 is 5.69. The highest BCUT2D eigenvalue weighted by Crippen LogP contribution is 2.16. The number of nitrogens with one attached hydrogen (secondary N) is 1. The van der Waals surface area contributed by atoms with Gasteiger partial charge in [-0.05, 0) is 24.3 Å². The third kappa shape index (κ3) is 2.78. The Morgan fingerprint density at radius 2 is 1.88 bits per heavy atom. The molecule has 0 atom stereocenters. The van der Waals surface area contributed by atoms with E-state index in [1.54, 1.807) is 19.3 Å². The summed E-state index contributed by atoms with van der Waals surface area (Å²) < 4.78 is 27.7. The molecule has 0 spiro atoms. The average Bonchev–Trinajstić information content (AvgIpc) is 2.63. The molecule has 0 amide bonds. The van der Waals surface area contributed by atoms with Gasteiger partial charge < -0.3 is 0 Å². The van der Waals surface area contributed by atoms with Crippen molar-refractivity contribution in [1.29, 1.82) is 0 Å². The summed E-state index contributed by atoms with van der Waals surface area (Å²) in [6.45, 7) is 0. The van der Waals surface area contributed by atoms with Gasteiger partial charge in [-0.25, -0.2) is 8.42 Å². The van der Waals surface area contributed by atoms with Gasteiger partial charge in [0.1, 0.15) is 0 Å². The lowest BCUT2D eigenvalue weighted by Crippen LogP contribution is -2.13. The van der Waals surface area contributed by atoms with Gasteiger partial charge in [0.2, 0.25) is 0 Å². The number of aromatic nitrogens is 2. The van der Waals surface area contributed by atoms with Crippen molar-refractivity contribution < 1.29 is 8.42 Å². The van der Waals surface area contributed by atoms with Crippen LogP contribution in [0, 0.1) is 0 Å². The molecule has 7 heteroatoms. The fourth-order valence-electron chi connectivity index (χ4n) is 1.28. The molecule has 1 aromatic heterocycles. The zero-order valence-corrected chi connectivity index (χ0v) is 10.5. The van der Waals surface area contributed by atoms with Crippen molar-refractivity contribution in [3.8, 4) is 0 Å². The van der Waals surface area contributed by atoms with E-state index in [9.17, 15) is 8.42 Å². The van der Waals surface area contributed by atoms with Crippen LogP contribution >= 0.6 is 11.6 Å². The first-order chi connectivity index (χ1) is 7.97. The molecule has 1 N–H and O–H groups in total. The van der Waals surface area contributed by atoms with Gasteiger partial charge in [-0.15, -0.1) is 0 Å². The van der Waals surface area contributed by atoms with Crippen LogP contribution in [0.2, 0.25) is 5.02 Å². The third-order valence-corrected chi connectivity index (χ3v) is 3.70. The summed E-state index contributed by atoms with van der Waals surface area (Å²) in [5, 5.41) is 4.43. The second-order valence-electron chi connectivity index (χ2n) is 3.43. The van der Waals surface area contributed by atoms with Gasteiger partial charge >= 0.3 is 0 Å². The molecule has 0 saturated carbocycles. The first-order valence-electron chi connectivity index (χ1n) is 4.75. The Hall–Kier alpha value is -1.53. The monoisotopic (exact) mass is 271 g/mol. The second kappa shape index (κ2) is 4.38. The van der Waals surface area contributed by atoms with E-state index < -0.39 is 10.0 Å². The lowest BCUT2D eigenvalue weighted by atomic mass is 10.4. The Labute approximate surface area is 104 Å². The number of anilines is 1. The van der Waals surface area contributed by atoms with Crippen LogP contribution in [0.1, 0.15) is 0 Å². The molecule has 1 aromatic carbocycles. The number of benzene rings is 1. The maximum Gasteiger partial charge on any atom is 0.263 e. The van der Waals surface area contributed by atoms with Crippen LogP contribution in [0.5, 0.6) is 0 Å². The molecule has 0 fully saturated rings.